The van der Waals surface area contributed by atoms with Gasteiger partial charge in [-0.3, -0.25) is 0 Å². The van der Waals surface area contributed by atoms with Crippen molar-refractivity contribution < 1.29 is 9.15 Å². The molecule has 4 nitrogen and oxygen atoms in total. The number of oxazole rings is 1. The largest absolute Gasteiger partial charge is 0.417 e. The van der Waals surface area contributed by atoms with Crippen LogP contribution in [0.4, 0.5) is 0 Å². The van der Waals surface area contributed by atoms with E-state index < -0.39 is 0 Å². The third kappa shape index (κ3) is 4.28. The Hall–Kier alpha value is -1.46. The summed E-state index contributed by atoms with van der Waals surface area (Å²) in [6.07, 6.45) is 3.91. The number of nitrogens with zero attached hydrogens (tertiary/aromatic N) is 1. The van der Waals surface area contributed by atoms with Crippen LogP contribution in [0.15, 0.2) is 39.8 Å². The van der Waals surface area contributed by atoms with Crippen molar-refractivity contribution >= 4 is 11.8 Å². The molecule has 0 spiro atoms. The van der Waals surface area contributed by atoms with E-state index >= 15 is 0 Å². The van der Waals surface area contributed by atoms with Gasteiger partial charge in [0.25, 0.3) is 0 Å². The van der Waals surface area contributed by atoms with Crippen LogP contribution in [-0.4, -0.2) is 16.8 Å². The lowest BCUT2D eigenvalue weighted by molar-refractivity contribution is 0.325. The van der Waals surface area contributed by atoms with Gasteiger partial charge in [0.05, 0.1) is 5.69 Å². The van der Waals surface area contributed by atoms with Crippen molar-refractivity contribution in [3.63, 3.8) is 0 Å². The molecule has 20 heavy (non-hydrogen) atoms. The second-order valence-electron chi connectivity index (χ2n) is 5.46. The fourth-order valence-electron chi connectivity index (χ4n) is 1.57. The SMILES string of the molecule is CSc1ccccc1Oc1nc(CNC(C)(C)C)co1. The minimum absolute atomic E-state index is 0.0470. The second-order valence-corrected chi connectivity index (χ2v) is 6.31. The molecule has 2 aromatic rings. The van der Waals surface area contributed by atoms with Crippen molar-refractivity contribution in [1.82, 2.24) is 10.3 Å². The van der Waals surface area contributed by atoms with E-state index in [1.807, 2.05) is 30.5 Å². The molecule has 1 N–H and O–H groups in total. The molecule has 0 aliphatic heterocycles. The first-order valence-electron chi connectivity index (χ1n) is 6.48. The van der Waals surface area contributed by atoms with Crippen molar-refractivity contribution in [2.24, 2.45) is 0 Å². The zero-order chi connectivity index (χ0) is 14.6. The summed E-state index contributed by atoms with van der Waals surface area (Å²) in [5.41, 5.74) is 0.877. The molecular weight excluding hydrogens is 272 g/mol. The van der Waals surface area contributed by atoms with Gasteiger partial charge in [-0.05, 0) is 39.2 Å². The lowest BCUT2D eigenvalue weighted by Gasteiger charge is -2.19. The number of benzene rings is 1. The Bertz CT molecular complexity index is 561. The highest BCUT2D eigenvalue weighted by Crippen LogP contribution is 2.30. The number of thioether (sulfide) groups is 1. The number of rotatable bonds is 5. The van der Waals surface area contributed by atoms with Crippen molar-refractivity contribution in [1.29, 1.82) is 0 Å². The van der Waals surface area contributed by atoms with Crippen LogP contribution in [-0.2, 0) is 6.54 Å². The molecule has 0 radical (unpaired) electrons. The Labute approximate surface area is 123 Å². The van der Waals surface area contributed by atoms with Gasteiger partial charge in [0.1, 0.15) is 12.0 Å². The number of hydrogen-bond donors (Lipinski definition) is 1. The van der Waals surface area contributed by atoms with E-state index in [-0.39, 0.29) is 11.6 Å². The molecule has 0 bridgehead atoms. The van der Waals surface area contributed by atoms with E-state index in [2.05, 4.69) is 31.1 Å². The first-order chi connectivity index (χ1) is 9.48. The van der Waals surface area contributed by atoms with Crippen molar-refractivity contribution in [3.8, 4) is 11.8 Å². The summed E-state index contributed by atoms with van der Waals surface area (Å²) >= 11 is 1.63. The van der Waals surface area contributed by atoms with E-state index in [1.165, 1.54) is 0 Å². The Morgan fingerprint density at radius 2 is 2.05 bits per heavy atom. The molecule has 2 rings (SSSR count). The maximum Gasteiger partial charge on any atom is 0.399 e. The topological polar surface area (TPSA) is 47.3 Å². The van der Waals surface area contributed by atoms with Gasteiger partial charge in [-0.15, -0.1) is 11.8 Å². The Morgan fingerprint density at radius 3 is 2.75 bits per heavy atom. The number of nitrogens with one attached hydrogen (secondary N) is 1. The van der Waals surface area contributed by atoms with Crippen molar-refractivity contribution in [3.05, 3.63) is 36.2 Å². The van der Waals surface area contributed by atoms with E-state index in [1.54, 1.807) is 18.0 Å². The average Bonchev–Trinajstić information content (AvgIpc) is 2.84. The third-order valence-corrected chi connectivity index (χ3v) is 3.37. The summed E-state index contributed by atoms with van der Waals surface area (Å²) in [6, 6.07) is 7.82. The monoisotopic (exact) mass is 292 g/mol. The Kier molecular flexibility index (Phi) is 4.73. The standard InChI is InChI=1S/C15H20N2O2S/c1-15(2,3)16-9-11-10-18-14(17-11)19-12-7-5-6-8-13(12)20-4/h5-8,10,16H,9H2,1-4H3. The van der Waals surface area contributed by atoms with Crippen molar-refractivity contribution in [2.75, 3.05) is 6.26 Å². The molecule has 108 valence electrons. The summed E-state index contributed by atoms with van der Waals surface area (Å²) in [4.78, 5) is 5.38. The second kappa shape index (κ2) is 6.33. The molecule has 0 fully saturated rings. The van der Waals surface area contributed by atoms with E-state index in [0.717, 1.165) is 16.3 Å². The fraction of sp³-hybridized carbons (Fsp3) is 0.400. The van der Waals surface area contributed by atoms with Crippen LogP contribution in [0.3, 0.4) is 0 Å². The molecule has 0 aliphatic carbocycles. The number of aromatic nitrogens is 1. The number of hydrogen-bond acceptors (Lipinski definition) is 5. The average molecular weight is 292 g/mol. The fourth-order valence-corrected chi connectivity index (χ4v) is 2.09. The highest BCUT2D eigenvalue weighted by Gasteiger charge is 2.12. The molecule has 0 saturated heterocycles. The Morgan fingerprint density at radius 1 is 1.30 bits per heavy atom. The van der Waals surface area contributed by atoms with Crippen LogP contribution in [0.5, 0.6) is 11.8 Å². The summed E-state index contributed by atoms with van der Waals surface area (Å²) in [5.74, 6) is 0.761. The Balaban J connectivity index is 2.02. The minimum atomic E-state index is 0.0470. The lowest BCUT2D eigenvalue weighted by atomic mass is 10.1. The number of para-hydroxylation sites is 1. The summed E-state index contributed by atoms with van der Waals surface area (Å²) in [6.45, 7) is 6.98. The van der Waals surface area contributed by atoms with Crippen molar-refractivity contribution in [2.45, 2.75) is 37.8 Å². The van der Waals surface area contributed by atoms with Crippen LogP contribution in [0.25, 0.3) is 0 Å². The highest BCUT2D eigenvalue weighted by atomic mass is 32.2. The van der Waals surface area contributed by atoms with Gasteiger partial charge in [-0.1, -0.05) is 12.1 Å². The molecule has 5 heteroatoms. The maximum atomic E-state index is 5.69. The van der Waals surface area contributed by atoms with Gasteiger partial charge in [0, 0.05) is 17.0 Å². The van der Waals surface area contributed by atoms with Crippen LogP contribution in [0.1, 0.15) is 26.5 Å². The summed E-state index contributed by atoms with van der Waals surface area (Å²) in [7, 11) is 0. The number of ether oxygens (including phenoxy) is 1. The molecule has 1 aromatic heterocycles. The highest BCUT2D eigenvalue weighted by molar-refractivity contribution is 7.98. The van der Waals surface area contributed by atoms with Crippen LogP contribution < -0.4 is 10.1 Å². The quantitative estimate of drug-likeness (QED) is 0.841. The van der Waals surface area contributed by atoms with Gasteiger partial charge >= 0.3 is 6.08 Å². The predicted octanol–water partition coefficient (Wildman–Crippen LogP) is 4.08. The zero-order valence-electron chi connectivity index (χ0n) is 12.3. The van der Waals surface area contributed by atoms with Crippen LogP contribution in [0, 0.1) is 0 Å². The van der Waals surface area contributed by atoms with E-state index in [9.17, 15) is 0 Å². The van der Waals surface area contributed by atoms with Gasteiger partial charge in [0.15, 0.2) is 0 Å². The van der Waals surface area contributed by atoms with E-state index in [4.69, 9.17) is 9.15 Å². The first-order valence-corrected chi connectivity index (χ1v) is 7.71. The molecule has 1 aromatic carbocycles. The zero-order valence-corrected chi connectivity index (χ0v) is 13.1. The smallest absolute Gasteiger partial charge is 0.399 e. The normalized spacial score (nSPS) is 11.6. The molecule has 0 saturated carbocycles. The van der Waals surface area contributed by atoms with Crippen LogP contribution in [0.2, 0.25) is 0 Å². The van der Waals surface area contributed by atoms with Gasteiger partial charge in [-0.2, -0.15) is 4.98 Å². The maximum absolute atomic E-state index is 5.69. The summed E-state index contributed by atoms with van der Waals surface area (Å²) < 4.78 is 11.0. The minimum Gasteiger partial charge on any atom is -0.417 e. The lowest BCUT2D eigenvalue weighted by Crippen LogP contribution is -2.35. The molecule has 0 aliphatic rings. The van der Waals surface area contributed by atoms with Gasteiger partial charge in [0.2, 0.25) is 0 Å². The molecule has 0 atom stereocenters. The summed E-state index contributed by atoms with van der Waals surface area (Å²) in [5, 5.41) is 3.36. The molecule has 1 heterocycles. The van der Waals surface area contributed by atoms with Crippen LogP contribution >= 0.6 is 11.8 Å². The third-order valence-electron chi connectivity index (χ3n) is 2.60. The predicted molar refractivity (Wildman–Crippen MR) is 81.4 cm³/mol. The van der Waals surface area contributed by atoms with E-state index in [0.29, 0.717) is 6.54 Å². The molecular formula is C15H20N2O2S. The van der Waals surface area contributed by atoms with Gasteiger partial charge < -0.3 is 14.5 Å². The molecule has 0 unspecified atom stereocenters. The van der Waals surface area contributed by atoms with Gasteiger partial charge in [-0.25, -0.2) is 0 Å². The molecule has 0 amide bonds. The first kappa shape index (κ1) is 14.9.